The smallest absolute Gasteiger partial charge is 0.329 e. The van der Waals surface area contributed by atoms with Crippen LogP contribution in [0.3, 0.4) is 0 Å². The highest BCUT2D eigenvalue weighted by molar-refractivity contribution is 14.1. The van der Waals surface area contributed by atoms with Gasteiger partial charge in [0, 0.05) is 5.69 Å². The number of carbonyl (C=O) groups is 2. The first kappa shape index (κ1) is 17.2. The van der Waals surface area contributed by atoms with E-state index < -0.39 is 18.1 Å². The molecule has 1 aromatic rings. The molecule has 2 N–H and O–H groups in total. The normalized spacial score (nSPS) is 21.4. The fraction of sp³-hybridized carbons (Fsp3) is 0.500. The van der Waals surface area contributed by atoms with E-state index in [1.54, 1.807) is 13.8 Å². The lowest BCUT2D eigenvalue weighted by atomic mass is 9.97. The van der Waals surface area contributed by atoms with Crippen molar-refractivity contribution in [1.29, 1.82) is 0 Å². The van der Waals surface area contributed by atoms with Gasteiger partial charge in [-0.2, -0.15) is 0 Å². The monoisotopic (exact) mass is 416 g/mol. The number of aryl methyl sites for hydroxylation is 1. The van der Waals surface area contributed by atoms with Gasteiger partial charge in [0.2, 0.25) is 5.91 Å². The average molecular weight is 416 g/mol. The van der Waals surface area contributed by atoms with Crippen LogP contribution in [0.2, 0.25) is 0 Å². The first-order valence-corrected chi connectivity index (χ1v) is 8.67. The number of carbonyl (C=O) groups excluding carboxylic acids is 2. The number of esters is 1. The molecule has 0 fully saturated rings. The maximum Gasteiger partial charge on any atom is 0.329 e. The minimum atomic E-state index is -0.699. The fourth-order valence-corrected chi connectivity index (χ4v) is 2.90. The van der Waals surface area contributed by atoms with Crippen molar-refractivity contribution in [2.75, 3.05) is 4.90 Å². The summed E-state index contributed by atoms with van der Waals surface area (Å²) in [7, 11) is 0. The minimum Gasteiger partial charge on any atom is -0.450 e. The first-order valence-electron chi connectivity index (χ1n) is 7.43. The molecule has 0 saturated carbocycles. The zero-order valence-electron chi connectivity index (χ0n) is 12.8. The number of hydrogen-bond donors (Lipinski definition) is 1. The summed E-state index contributed by atoms with van der Waals surface area (Å²) < 4.78 is 5.00. The van der Waals surface area contributed by atoms with Crippen LogP contribution in [0.15, 0.2) is 24.3 Å². The lowest BCUT2D eigenvalue weighted by Gasteiger charge is -2.33. The summed E-state index contributed by atoms with van der Waals surface area (Å²) >= 11 is 2.01. The van der Waals surface area contributed by atoms with E-state index in [0.717, 1.165) is 24.1 Å². The molecule has 1 aromatic carbocycles. The minimum absolute atomic E-state index is 0.224. The highest BCUT2D eigenvalue weighted by Crippen LogP contribution is 2.28. The van der Waals surface area contributed by atoms with Crippen LogP contribution in [0.4, 0.5) is 5.69 Å². The Bertz CT molecular complexity index is 562. The van der Waals surface area contributed by atoms with Crippen molar-refractivity contribution in [3.05, 3.63) is 29.8 Å². The molecule has 5 nitrogen and oxygen atoms in total. The number of halogens is 1. The zero-order valence-corrected chi connectivity index (χ0v) is 14.9. The first-order chi connectivity index (χ1) is 10.4. The number of para-hydroxylation sites is 1. The largest absolute Gasteiger partial charge is 0.450 e. The Balaban J connectivity index is 2.40. The number of fused-ring (bicyclic) bond motifs is 1. The molecule has 0 spiro atoms. The predicted octanol–water partition coefficient (Wildman–Crippen LogP) is 2.40. The molecule has 0 bridgehead atoms. The lowest BCUT2D eigenvalue weighted by molar-refractivity contribution is -0.146. The Labute approximate surface area is 144 Å². The topological polar surface area (TPSA) is 72.6 Å². The van der Waals surface area contributed by atoms with Crippen molar-refractivity contribution < 1.29 is 14.3 Å². The Kier molecular flexibility index (Phi) is 5.80. The second kappa shape index (κ2) is 7.41. The number of benzene rings is 1. The molecule has 2 rings (SSSR count). The number of ether oxygens (including phenoxy) is 1. The second-order valence-electron chi connectivity index (χ2n) is 5.49. The Morgan fingerprint density at radius 3 is 2.77 bits per heavy atom. The molecule has 0 radical (unpaired) electrons. The molecule has 1 aliphatic heterocycles. The van der Waals surface area contributed by atoms with E-state index >= 15 is 0 Å². The van der Waals surface area contributed by atoms with Gasteiger partial charge in [0.1, 0.15) is 10.2 Å². The van der Waals surface area contributed by atoms with Crippen LogP contribution in [-0.2, 0) is 20.7 Å². The average Bonchev–Trinajstić information content (AvgIpc) is 2.46. The third-order valence-electron chi connectivity index (χ3n) is 3.77. The Morgan fingerprint density at radius 1 is 1.41 bits per heavy atom. The summed E-state index contributed by atoms with van der Waals surface area (Å²) in [5.41, 5.74) is 7.81. The molecular formula is C16H21IN2O3. The molecule has 6 heteroatoms. The maximum absolute atomic E-state index is 12.7. The number of alkyl halides is 1. The number of anilines is 1. The summed E-state index contributed by atoms with van der Waals surface area (Å²) in [6.45, 7) is 3.46. The van der Waals surface area contributed by atoms with E-state index in [0.29, 0.717) is 6.42 Å². The zero-order chi connectivity index (χ0) is 16.3. The van der Waals surface area contributed by atoms with E-state index in [1.807, 2.05) is 46.9 Å². The van der Waals surface area contributed by atoms with Gasteiger partial charge in [0.25, 0.3) is 0 Å². The number of nitrogens with two attached hydrogens (primary N) is 1. The van der Waals surface area contributed by atoms with E-state index in [4.69, 9.17) is 10.5 Å². The third-order valence-corrected chi connectivity index (χ3v) is 4.03. The SMILES string of the molecule is CC(I)OC(=O)C(C)N1C(=O)C(N)CCCc2ccccc21. The van der Waals surface area contributed by atoms with Gasteiger partial charge in [-0.25, -0.2) is 4.79 Å². The molecule has 3 unspecified atom stereocenters. The van der Waals surface area contributed by atoms with Crippen molar-refractivity contribution in [3.63, 3.8) is 0 Å². The highest BCUT2D eigenvalue weighted by Gasteiger charge is 2.34. The van der Waals surface area contributed by atoms with E-state index in [1.165, 1.54) is 4.90 Å². The Morgan fingerprint density at radius 2 is 2.09 bits per heavy atom. The molecule has 1 aliphatic rings. The van der Waals surface area contributed by atoms with Crippen molar-refractivity contribution in [2.45, 2.75) is 49.3 Å². The van der Waals surface area contributed by atoms with Gasteiger partial charge < -0.3 is 10.5 Å². The van der Waals surface area contributed by atoms with E-state index in [-0.39, 0.29) is 10.0 Å². The van der Waals surface area contributed by atoms with Crippen LogP contribution in [-0.4, -0.2) is 28.1 Å². The van der Waals surface area contributed by atoms with Gasteiger partial charge in [0.05, 0.1) is 6.04 Å². The maximum atomic E-state index is 12.7. The molecule has 0 aromatic heterocycles. The molecule has 0 saturated heterocycles. The van der Waals surface area contributed by atoms with Crippen LogP contribution in [0, 0.1) is 0 Å². The molecule has 120 valence electrons. The number of amides is 1. The standard InChI is InChI=1S/C16H21IN2O3/c1-10(16(21)22-11(2)17)19-14-9-4-3-6-12(14)7-5-8-13(18)15(19)20/h3-4,6,9-11,13H,5,7-8,18H2,1-2H3. The van der Waals surface area contributed by atoms with Crippen LogP contribution in [0.1, 0.15) is 32.3 Å². The van der Waals surface area contributed by atoms with E-state index in [2.05, 4.69) is 0 Å². The highest BCUT2D eigenvalue weighted by atomic mass is 127. The van der Waals surface area contributed by atoms with E-state index in [9.17, 15) is 9.59 Å². The van der Waals surface area contributed by atoms with Crippen molar-refractivity contribution in [1.82, 2.24) is 0 Å². The number of rotatable bonds is 3. The van der Waals surface area contributed by atoms with Crippen LogP contribution in [0.5, 0.6) is 0 Å². The van der Waals surface area contributed by atoms with Gasteiger partial charge in [-0.3, -0.25) is 9.69 Å². The second-order valence-corrected chi connectivity index (χ2v) is 7.25. The van der Waals surface area contributed by atoms with Gasteiger partial charge in [-0.1, -0.05) is 18.2 Å². The molecule has 1 amide bonds. The summed E-state index contributed by atoms with van der Waals surface area (Å²) in [6, 6.07) is 6.38. The molecular weight excluding hydrogens is 395 g/mol. The summed E-state index contributed by atoms with van der Waals surface area (Å²) in [5, 5.41) is 0. The number of hydrogen-bond acceptors (Lipinski definition) is 4. The quantitative estimate of drug-likeness (QED) is 0.467. The van der Waals surface area contributed by atoms with Crippen LogP contribution in [0.25, 0.3) is 0 Å². The van der Waals surface area contributed by atoms with Crippen LogP contribution >= 0.6 is 22.6 Å². The van der Waals surface area contributed by atoms with Gasteiger partial charge in [-0.05, 0) is 67.3 Å². The van der Waals surface area contributed by atoms with Gasteiger partial charge in [-0.15, -0.1) is 0 Å². The van der Waals surface area contributed by atoms with Crippen molar-refractivity contribution >= 4 is 40.2 Å². The summed E-state index contributed by atoms with van der Waals surface area (Å²) in [4.78, 5) is 26.4. The van der Waals surface area contributed by atoms with Crippen LogP contribution < -0.4 is 10.6 Å². The Hall–Kier alpha value is -1.15. The third kappa shape index (κ3) is 3.78. The van der Waals surface area contributed by atoms with Crippen molar-refractivity contribution in [2.24, 2.45) is 5.73 Å². The predicted molar refractivity (Wildman–Crippen MR) is 93.9 cm³/mol. The molecule has 3 atom stereocenters. The lowest BCUT2D eigenvalue weighted by Crippen LogP contribution is -2.52. The molecule has 22 heavy (non-hydrogen) atoms. The summed E-state index contributed by atoms with van der Waals surface area (Å²) in [6.07, 6.45) is 2.33. The molecule has 1 heterocycles. The molecule has 0 aliphatic carbocycles. The summed E-state index contributed by atoms with van der Waals surface area (Å²) in [5.74, 6) is -0.643. The number of nitrogens with zero attached hydrogens (tertiary/aromatic N) is 1. The van der Waals surface area contributed by atoms with Crippen molar-refractivity contribution in [3.8, 4) is 0 Å². The van der Waals surface area contributed by atoms with Gasteiger partial charge in [0.15, 0.2) is 0 Å². The van der Waals surface area contributed by atoms with Gasteiger partial charge >= 0.3 is 5.97 Å². The fourth-order valence-electron chi connectivity index (χ4n) is 2.65.